The number of morpholine rings is 1. The van der Waals surface area contributed by atoms with Crippen LogP contribution < -0.4 is 10.2 Å². The normalized spacial score (nSPS) is 15.1. The van der Waals surface area contributed by atoms with Crippen LogP contribution in [0.15, 0.2) is 18.2 Å². The Morgan fingerprint density at radius 2 is 2.00 bits per heavy atom. The quantitative estimate of drug-likeness (QED) is 0.825. The molecule has 1 aliphatic heterocycles. The molecule has 0 atom stereocenters. The van der Waals surface area contributed by atoms with Crippen molar-refractivity contribution in [3.05, 3.63) is 28.2 Å². The van der Waals surface area contributed by atoms with Gasteiger partial charge >= 0.3 is 0 Å². The summed E-state index contributed by atoms with van der Waals surface area (Å²) in [5, 5.41) is 3.64. The van der Waals surface area contributed by atoms with Gasteiger partial charge in [-0.2, -0.15) is 0 Å². The molecule has 0 aromatic heterocycles. The molecule has 0 aliphatic carbocycles. The molecule has 1 aromatic carbocycles. The highest BCUT2D eigenvalue weighted by molar-refractivity contribution is 6.36. The second-order valence-electron chi connectivity index (χ2n) is 5.50. The molecular formula is C16H21Cl2N3O3. The summed E-state index contributed by atoms with van der Waals surface area (Å²) in [6.07, 6.45) is 0. The number of ether oxygens (including phenoxy) is 1. The lowest BCUT2D eigenvalue weighted by molar-refractivity contribution is -0.123. The average Bonchev–Trinajstić information content (AvgIpc) is 2.54. The number of nitrogens with zero attached hydrogens (tertiary/aromatic N) is 2. The van der Waals surface area contributed by atoms with E-state index in [1.807, 2.05) is 0 Å². The lowest BCUT2D eigenvalue weighted by atomic mass is 10.2. The van der Waals surface area contributed by atoms with Crippen molar-refractivity contribution in [1.82, 2.24) is 10.2 Å². The first-order valence-electron chi connectivity index (χ1n) is 7.77. The van der Waals surface area contributed by atoms with Crippen LogP contribution in [-0.4, -0.2) is 62.7 Å². The largest absolute Gasteiger partial charge is 0.379 e. The summed E-state index contributed by atoms with van der Waals surface area (Å²) < 4.78 is 5.28. The Morgan fingerprint density at radius 3 is 2.62 bits per heavy atom. The number of anilines is 1. The second-order valence-corrected chi connectivity index (χ2v) is 6.35. The second kappa shape index (κ2) is 9.22. The van der Waals surface area contributed by atoms with Gasteiger partial charge in [-0.05, 0) is 18.2 Å². The van der Waals surface area contributed by atoms with E-state index >= 15 is 0 Å². The van der Waals surface area contributed by atoms with E-state index in [0.717, 1.165) is 32.8 Å². The fraction of sp³-hybridized carbons (Fsp3) is 0.500. The average molecular weight is 374 g/mol. The van der Waals surface area contributed by atoms with Crippen molar-refractivity contribution < 1.29 is 14.3 Å². The minimum atomic E-state index is -0.262. The maximum Gasteiger partial charge on any atom is 0.240 e. The van der Waals surface area contributed by atoms with Crippen LogP contribution in [0.5, 0.6) is 0 Å². The Kier molecular flexibility index (Phi) is 7.30. The Hall–Kier alpha value is -1.34. The van der Waals surface area contributed by atoms with Crippen molar-refractivity contribution in [2.75, 3.05) is 50.8 Å². The molecule has 2 rings (SSSR count). The summed E-state index contributed by atoms with van der Waals surface area (Å²) in [5.41, 5.74) is 0.469. The topological polar surface area (TPSA) is 61.9 Å². The number of carbonyl (C=O) groups excluding carboxylic acids is 2. The lowest BCUT2D eigenvalue weighted by Crippen LogP contribution is -2.44. The van der Waals surface area contributed by atoms with Gasteiger partial charge < -0.3 is 15.0 Å². The van der Waals surface area contributed by atoms with Gasteiger partial charge in [0.05, 0.1) is 23.9 Å². The first-order valence-corrected chi connectivity index (χ1v) is 8.53. The van der Waals surface area contributed by atoms with Crippen LogP contribution in [0.25, 0.3) is 0 Å². The minimum Gasteiger partial charge on any atom is -0.379 e. The number of carbonyl (C=O) groups is 2. The smallest absolute Gasteiger partial charge is 0.240 e. The van der Waals surface area contributed by atoms with Gasteiger partial charge in [0.15, 0.2) is 0 Å². The van der Waals surface area contributed by atoms with Crippen molar-refractivity contribution in [2.24, 2.45) is 0 Å². The van der Waals surface area contributed by atoms with Crippen molar-refractivity contribution in [3.8, 4) is 0 Å². The molecule has 8 heteroatoms. The van der Waals surface area contributed by atoms with Gasteiger partial charge in [-0.25, -0.2) is 0 Å². The van der Waals surface area contributed by atoms with Gasteiger partial charge in [-0.15, -0.1) is 0 Å². The fourth-order valence-electron chi connectivity index (χ4n) is 2.44. The van der Waals surface area contributed by atoms with Crippen LogP contribution in [0.3, 0.4) is 0 Å². The zero-order chi connectivity index (χ0) is 17.5. The molecular weight excluding hydrogens is 353 g/mol. The molecule has 0 saturated carbocycles. The summed E-state index contributed by atoms with van der Waals surface area (Å²) in [6.45, 7) is 5.79. The zero-order valence-electron chi connectivity index (χ0n) is 13.6. The van der Waals surface area contributed by atoms with E-state index in [-0.39, 0.29) is 18.4 Å². The van der Waals surface area contributed by atoms with E-state index in [2.05, 4.69) is 10.2 Å². The Bertz CT molecular complexity index is 592. The molecule has 1 aliphatic rings. The van der Waals surface area contributed by atoms with Crippen molar-refractivity contribution in [2.45, 2.75) is 6.92 Å². The van der Waals surface area contributed by atoms with Crippen LogP contribution in [0.2, 0.25) is 10.0 Å². The van der Waals surface area contributed by atoms with Crippen LogP contribution in [0, 0.1) is 0 Å². The maximum absolute atomic E-state index is 12.1. The first-order chi connectivity index (χ1) is 11.5. The van der Waals surface area contributed by atoms with E-state index in [1.54, 1.807) is 18.2 Å². The standard InChI is InChI=1S/C16H21Cl2N3O3/c1-12(22)21(15-3-2-13(17)10-14(15)18)11-16(23)19-4-5-20-6-8-24-9-7-20/h2-3,10H,4-9,11H2,1H3,(H,19,23). The van der Waals surface area contributed by atoms with Gasteiger partial charge in [0.2, 0.25) is 11.8 Å². The molecule has 1 N–H and O–H groups in total. The molecule has 1 fully saturated rings. The molecule has 132 valence electrons. The van der Waals surface area contributed by atoms with Crippen LogP contribution in [-0.2, 0) is 14.3 Å². The Labute approximate surface area is 151 Å². The van der Waals surface area contributed by atoms with Crippen molar-refractivity contribution >= 4 is 40.7 Å². The zero-order valence-corrected chi connectivity index (χ0v) is 15.1. The van der Waals surface area contributed by atoms with Crippen LogP contribution in [0.4, 0.5) is 5.69 Å². The molecule has 0 radical (unpaired) electrons. The highest BCUT2D eigenvalue weighted by Crippen LogP contribution is 2.28. The highest BCUT2D eigenvalue weighted by Gasteiger charge is 2.18. The third-order valence-electron chi connectivity index (χ3n) is 3.74. The van der Waals surface area contributed by atoms with E-state index in [9.17, 15) is 9.59 Å². The number of hydrogen-bond acceptors (Lipinski definition) is 4. The van der Waals surface area contributed by atoms with Gasteiger partial charge in [0.1, 0.15) is 6.54 Å². The van der Waals surface area contributed by atoms with E-state index in [0.29, 0.717) is 22.3 Å². The first kappa shape index (κ1) is 19.0. The summed E-state index contributed by atoms with van der Waals surface area (Å²) in [4.78, 5) is 27.6. The van der Waals surface area contributed by atoms with Crippen LogP contribution in [0.1, 0.15) is 6.92 Å². The molecule has 2 amide bonds. The van der Waals surface area contributed by atoms with Gasteiger partial charge in [0.25, 0.3) is 0 Å². The van der Waals surface area contributed by atoms with Gasteiger partial charge in [0, 0.05) is 38.1 Å². The summed E-state index contributed by atoms with van der Waals surface area (Å²) >= 11 is 12.0. The lowest BCUT2D eigenvalue weighted by Gasteiger charge is -2.27. The van der Waals surface area contributed by atoms with Crippen molar-refractivity contribution in [3.63, 3.8) is 0 Å². The third-order valence-corrected chi connectivity index (χ3v) is 4.27. The van der Waals surface area contributed by atoms with Gasteiger partial charge in [-0.3, -0.25) is 14.5 Å². The van der Waals surface area contributed by atoms with Crippen LogP contribution >= 0.6 is 23.2 Å². The molecule has 1 heterocycles. The van der Waals surface area contributed by atoms with E-state index < -0.39 is 0 Å². The molecule has 6 nitrogen and oxygen atoms in total. The minimum absolute atomic E-state index is 0.0835. The number of amides is 2. The SMILES string of the molecule is CC(=O)N(CC(=O)NCCN1CCOCC1)c1ccc(Cl)cc1Cl. The molecule has 24 heavy (non-hydrogen) atoms. The molecule has 1 saturated heterocycles. The summed E-state index contributed by atoms with van der Waals surface area (Å²) in [6, 6.07) is 4.81. The number of nitrogens with one attached hydrogen (secondary N) is 1. The Balaban J connectivity index is 1.87. The number of benzene rings is 1. The predicted molar refractivity (Wildman–Crippen MR) is 94.8 cm³/mol. The number of hydrogen-bond donors (Lipinski definition) is 1. The Morgan fingerprint density at radius 1 is 1.29 bits per heavy atom. The number of rotatable bonds is 6. The van der Waals surface area contributed by atoms with E-state index in [4.69, 9.17) is 27.9 Å². The molecule has 1 aromatic rings. The summed E-state index contributed by atoms with van der Waals surface area (Å²) in [7, 11) is 0. The molecule has 0 unspecified atom stereocenters. The molecule has 0 bridgehead atoms. The molecule has 0 spiro atoms. The van der Waals surface area contributed by atoms with Crippen molar-refractivity contribution in [1.29, 1.82) is 0 Å². The number of halogens is 2. The maximum atomic E-state index is 12.1. The fourth-order valence-corrected chi connectivity index (χ4v) is 2.95. The highest BCUT2D eigenvalue weighted by atomic mass is 35.5. The monoisotopic (exact) mass is 373 g/mol. The third kappa shape index (κ3) is 5.63. The van der Waals surface area contributed by atoms with E-state index in [1.165, 1.54) is 11.8 Å². The predicted octanol–water partition coefficient (Wildman–Crippen LogP) is 1.79. The van der Waals surface area contributed by atoms with Gasteiger partial charge in [-0.1, -0.05) is 23.2 Å². The summed E-state index contributed by atoms with van der Waals surface area (Å²) in [5.74, 6) is -0.493.